The molecule has 0 bridgehead atoms. The van der Waals surface area contributed by atoms with E-state index in [0.29, 0.717) is 0 Å². The highest BCUT2D eigenvalue weighted by Crippen LogP contribution is 2.38. The summed E-state index contributed by atoms with van der Waals surface area (Å²) in [7, 11) is 0. The first-order valence-corrected chi connectivity index (χ1v) is 5.96. The lowest BCUT2D eigenvalue weighted by Crippen LogP contribution is -2.13. The van der Waals surface area contributed by atoms with Gasteiger partial charge in [-0.1, -0.05) is 48.6 Å². The molecule has 0 aliphatic heterocycles. The Morgan fingerprint density at radius 2 is 1.67 bits per heavy atom. The first-order valence-electron chi connectivity index (χ1n) is 5.96. The smallest absolute Gasteiger partial charge is 0.123 e. The Kier molecular flexibility index (Phi) is 2.73. The molecule has 2 unspecified atom stereocenters. The molecule has 1 nitrogen and oxygen atoms in total. The van der Waals surface area contributed by atoms with Crippen molar-refractivity contribution in [2.75, 3.05) is 0 Å². The maximum atomic E-state index is 12.9. The number of hydrogen-bond acceptors (Lipinski definition) is 1. The molecule has 2 atom stereocenters. The molecule has 0 fully saturated rings. The molecule has 0 aromatic heterocycles. The van der Waals surface area contributed by atoms with E-state index in [-0.39, 0.29) is 11.7 Å². The van der Waals surface area contributed by atoms with Crippen LogP contribution >= 0.6 is 0 Å². The van der Waals surface area contributed by atoms with Gasteiger partial charge in [-0.3, -0.25) is 0 Å². The van der Waals surface area contributed by atoms with Gasteiger partial charge in [0, 0.05) is 5.92 Å². The second-order valence-corrected chi connectivity index (χ2v) is 4.51. The van der Waals surface area contributed by atoms with Gasteiger partial charge in [-0.05, 0) is 28.8 Å². The van der Waals surface area contributed by atoms with E-state index in [1.807, 2.05) is 36.4 Å². The van der Waals surface area contributed by atoms with Crippen molar-refractivity contribution in [1.82, 2.24) is 0 Å². The monoisotopic (exact) mass is 240 g/mol. The molecule has 2 aromatic carbocycles. The van der Waals surface area contributed by atoms with Gasteiger partial charge in [0.2, 0.25) is 0 Å². The van der Waals surface area contributed by atoms with Crippen LogP contribution in [0.5, 0.6) is 0 Å². The zero-order valence-electron chi connectivity index (χ0n) is 9.75. The molecule has 0 radical (unpaired) electrons. The maximum Gasteiger partial charge on any atom is 0.123 e. The highest BCUT2D eigenvalue weighted by atomic mass is 19.1. The molecule has 0 heterocycles. The average molecular weight is 240 g/mol. The molecule has 0 amide bonds. The topological polar surface area (TPSA) is 20.2 Å². The fourth-order valence-electron chi connectivity index (χ4n) is 2.42. The van der Waals surface area contributed by atoms with Gasteiger partial charge in [0.05, 0.1) is 6.10 Å². The third kappa shape index (κ3) is 1.85. The van der Waals surface area contributed by atoms with Crippen molar-refractivity contribution in [3.8, 4) is 0 Å². The molecular formula is C16H13FO. The fraction of sp³-hybridized carbons (Fsp3) is 0.125. The van der Waals surface area contributed by atoms with Gasteiger partial charge in [0.15, 0.2) is 0 Å². The molecule has 1 aliphatic rings. The van der Waals surface area contributed by atoms with Crippen LogP contribution in [0.2, 0.25) is 0 Å². The number of aliphatic hydroxyl groups is 1. The second kappa shape index (κ2) is 4.39. The third-order valence-corrected chi connectivity index (χ3v) is 3.39. The molecule has 0 saturated heterocycles. The van der Waals surface area contributed by atoms with E-state index >= 15 is 0 Å². The second-order valence-electron chi connectivity index (χ2n) is 4.51. The summed E-state index contributed by atoms with van der Waals surface area (Å²) in [6.07, 6.45) is 3.41. The fourth-order valence-corrected chi connectivity index (χ4v) is 2.42. The molecule has 2 aromatic rings. The summed E-state index contributed by atoms with van der Waals surface area (Å²) in [6.45, 7) is 0. The lowest BCUT2D eigenvalue weighted by molar-refractivity contribution is 0.160. The minimum absolute atomic E-state index is 0.111. The first-order chi connectivity index (χ1) is 8.75. The van der Waals surface area contributed by atoms with Crippen LogP contribution in [0.15, 0.2) is 54.6 Å². The van der Waals surface area contributed by atoms with Gasteiger partial charge < -0.3 is 5.11 Å². The Balaban J connectivity index is 2.00. The molecule has 3 rings (SSSR count). The summed E-state index contributed by atoms with van der Waals surface area (Å²) in [4.78, 5) is 0. The predicted molar refractivity (Wildman–Crippen MR) is 69.6 cm³/mol. The quantitative estimate of drug-likeness (QED) is 0.806. The number of fused-ring (bicyclic) bond motifs is 1. The van der Waals surface area contributed by atoms with Gasteiger partial charge in [-0.15, -0.1) is 0 Å². The molecular weight excluding hydrogens is 227 g/mol. The van der Waals surface area contributed by atoms with Crippen molar-refractivity contribution >= 4 is 6.08 Å². The molecule has 0 saturated carbocycles. The van der Waals surface area contributed by atoms with E-state index < -0.39 is 6.10 Å². The first kappa shape index (κ1) is 11.2. The van der Waals surface area contributed by atoms with E-state index in [4.69, 9.17) is 0 Å². The van der Waals surface area contributed by atoms with E-state index in [0.717, 1.165) is 16.7 Å². The van der Waals surface area contributed by atoms with Crippen molar-refractivity contribution in [3.63, 3.8) is 0 Å². The van der Waals surface area contributed by atoms with Gasteiger partial charge in [-0.25, -0.2) is 4.39 Å². The molecule has 1 aliphatic carbocycles. The van der Waals surface area contributed by atoms with Crippen LogP contribution in [0.3, 0.4) is 0 Å². The lowest BCUT2D eigenvalue weighted by atomic mass is 9.83. The van der Waals surface area contributed by atoms with Crippen LogP contribution in [0.1, 0.15) is 28.7 Å². The van der Waals surface area contributed by atoms with Crippen molar-refractivity contribution in [3.05, 3.63) is 77.1 Å². The Morgan fingerprint density at radius 3 is 2.44 bits per heavy atom. The summed E-state index contributed by atoms with van der Waals surface area (Å²) < 4.78 is 12.9. The summed E-state index contributed by atoms with van der Waals surface area (Å²) in [5.41, 5.74) is 2.90. The number of rotatable bonds is 1. The third-order valence-electron chi connectivity index (χ3n) is 3.39. The van der Waals surface area contributed by atoms with Crippen LogP contribution in [0, 0.1) is 5.82 Å². The summed E-state index contributed by atoms with van der Waals surface area (Å²) in [6, 6.07) is 14.1. The van der Waals surface area contributed by atoms with Crippen LogP contribution in [0.4, 0.5) is 4.39 Å². The average Bonchev–Trinajstić information content (AvgIpc) is 2.41. The Bertz CT molecular complexity index is 586. The molecule has 1 N–H and O–H groups in total. The largest absolute Gasteiger partial charge is 0.387 e. The summed E-state index contributed by atoms with van der Waals surface area (Å²) in [5.74, 6) is -0.367. The molecule has 18 heavy (non-hydrogen) atoms. The number of hydrogen-bond donors (Lipinski definition) is 1. The zero-order valence-corrected chi connectivity index (χ0v) is 9.75. The standard InChI is InChI=1S/C16H13FO/c17-13-8-5-12(6-9-13)15-10-7-11-3-1-2-4-14(11)16(15)18/h1-10,15-16,18H. The summed E-state index contributed by atoms with van der Waals surface area (Å²) in [5, 5.41) is 10.4. The minimum atomic E-state index is -0.573. The van der Waals surface area contributed by atoms with Gasteiger partial charge in [0.25, 0.3) is 0 Å². The number of benzene rings is 2. The highest BCUT2D eigenvalue weighted by molar-refractivity contribution is 5.59. The Hall–Kier alpha value is -1.93. The van der Waals surface area contributed by atoms with E-state index in [2.05, 4.69) is 0 Å². The number of halogens is 1. The zero-order chi connectivity index (χ0) is 12.5. The SMILES string of the molecule is OC1c2ccccc2C=CC1c1ccc(F)cc1. The normalized spacial score (nSPS) is 21.7. The van der Waals surface area contributed by atoms with Crippen LogP contribution in [-0.4, -0.2) is 5.11 Å². The molecule has 2 heteroatoms. The highest BCUT2D eigenvalue weighted by Gasteiger charge is 2.25. The Morgan fingerprint density at radius 1 is 0.944 bits per heavy atom. The van der Waals surface area contributed by atoms with Crippen molar-refractivity contribution in [2.45, 2.75) is 12.0 Å². The van der Waals surface area contributed by atoms with Crippen LogP contribution in [-0.2, 0) is 0 Å². The lowest BCUT2D eigenvalue weighted by Gasteiger charge is -2.26. The van der Waals surface area contributed by atoms with Crippen molar-refractivity contribution in [1.29, 1.82) is 0 Å². The van der Waals surface area contributed by atoms with E-state index in [1.165, 1.54) is 12.1 Å². The summed E-state index contributed by atoms with van der Waals surface area (Å²) >= 11 is 0. The Labute approximate surface area is 105 Å². The van der Waals surface area contributed by atoms with Crippen LogP contribution in [0.25, 0.3) is 6.08 Å². The molecule has 0 spiro atoms. The van der Waals surface area contributed by atoms with Crippen molar-refractivity contribution < 1.29 is 9.50 Å². The van der Waals surface area contributed by atoms with Gasteiger partial charge in [-0.2, -0.15) is 0 Å². The number of aliphatic hydroxyl groups excluding tert-OH is 1. The van der Waals surface area contributed by atoms with E-state index in [9.17, 15) is 9.50 Å². The minimum Gasteiger partial charge on any atom is -0.387 e. The van der Waals surface area contributed by atoms with Gasteiger partial charge >= 0.3 is 0 Å². The van der Waals surface area contributed by atoms with Crippen molar-refractivity contribution in [2.24, 2.45) is 0 Å². The van der Waals surface area contributed by atoms with E-state index in [1.54, 1.807) is 12.1 Å². The molecule has 90 valence electrons. The predicted octanol–water partition coefficient (Wildman–Crippen LogP) is 3.67. The maximum absolute atomic E-state index is 12.9. The van der Waals surface area contributed by atoms with Crippen LogP contribution < -0.4 is 0 Å². The van der Waals surface area contributed by atoms with Gasteiger partial charge in [0.1, 0.15) is 5.82 Å².